The van der Waals surface area contributed by atoms with E-state index in [9.17, 15) is 4.79 Å². The van der Waals surface area contributed by atoms with Crippen LogP contribution < -0.4 is 27.7 Å². The minimum Gasteiger partial charge on any atom is -0.508 e. The van der Waals surface area contributed by atoms with E-state index in [0.717, 1.165) is 6.29 Å². The molecule has 2 rings (SSSR count). The van der Waals surface area contributed by atoms with Crippen molar-refractivity contribution in [1.82, 2.24) is 15.3 Å². The summed E-state index contributed by atoms with van der Waals surface area (Å²) in [5.74, 6) is 9.95. The summed E-state index contributed by atoms with van der Waals surface area (Å²) in [6.07, 6.45) is 2.26. The Labute approximate surface area is 166 Å². The van der Waals surface area contributed by atoms with Crippen molar-refractivity contribution in [2.45, 2.75) is 11.1 Å². The number of benzene rings is 1. The van der Waals surface area contributed by atoms with E-state index < -0.39 is 0 Å². The Morgan fingerprint density at radius 3 is 2.44 bits per heavy atom. The quantitative estimate of drug-likeness (QED) is 0.151. The first kappa shape index (κ1) is 24.9. The highest BCUT2D eigenvalue weighted by molar-refractivity contribution is 7.99. The van der Waals surface area contributed by atoms with Gasteiger partial charge >= 0.3 is 0 Å². The summed E-state index contributed by atoms with van der Waals surface area (Å²) < 4.78 is 4.27. The van der Waals surface area contributed by atoms with Gasteiger partial charge in [0.25, 0.3) is 0 Å². The molecule has 1 aromatic carbocycles. The highest BCUT2D eigenvalue weighted by atomic mass is 32.2. The molecule has 9 nitrogen and oxygen atoms in total. The minimum atomic E-state index is 0.138. The number of hydrogen-bond acceptors (Lipinski definition) is 11. The predicted octanol–water partition coefficient (Wildman–Crippen LogP) is 1.06. The lowest BCUT2D eigenvalue weighted by molar-refractivity contribution is -0.108. The molecule has 0 amide bonds. The molecule has 0 saturated heterocycles. The van der Waals surface area contributed by atoms with Gasteiger partial charge in [0.1, 0.15) is 12.0 Å². The van der Waals surface area contributed by atoms with Gasteiger partial charge in [0, 0.05) is 18.4 Å². The van der Waals surface area contributed by atoms with Crippen molar-refractivity contribution in [3.63, 3.8) is 0 Å². The zero-order valence-corrected chi connectivity index (χ0v) is 16.5. The number of carbonyl (C=O) groups excluding carboxylic acids is 1. The molecule has 0 unspecified atom stereocenters. The molecule has 0 aliphatic carbocycles. The van der Waals surface area contributed by atoms with Crippen LogP contribution in [-0.4, -0.2) is 34.7 Å². The van der Waals surface area contributed by atoms with Crippen molar-refractivity contribution in [1.29, 1.82) is 0 Å². The third-order valence-corrected chi connectivity index (χ3v) is 4.42. The van der Waals surface area contributed by atoms with Crippen molar-refractivity contribution in [2.75, 3.05) is 13.1 Å². The van der Waals surface area contributed by atoms with Gasteiger partial charge < -0.3 is 25.9 Å². The number of hydrogen-bond donors (Lipinski definition) is 7. The molecule has 1 heterocycles. The lowest BCUT2D eigenvalue weighted by Crippen LogP contribution is -2.29. The van der Waals surface area contributed by atoms with E-state index in [0.29, 0.717) is 18.0 Å². The number of phenolic OH excluding ortho intramolecular Hbond substituents is 1. The number of aldehydes is 1. The Morgan fingerprint density at radius 2 is 1.96 bits per heavy atom. The number of phenols is 1. The summed E-state index contributed by atoms with van der Waals surface area (Å²) in [6.45, 7) is 2.63. The van der Waals surface area contributed by atoms with Crippen molar-refractivity contribution < 1.29 is 15.1 Å². The molecule has 11 heteroatoms. The molecule has 2 aromatic rings. The largest absolute Gasteiger partial charge is 0.508 e. The molecule has 1 aromatic heterocycles. The predicted molar refractivity (Wildman–Crippen MR) is 109 cm³/mol. The topological polar surface area (TPSA) is 163 Å². The van der Waals surface area contributed by atoms with Gasteiger partial charge in [0.05, 0.1) is 10.8 Å². The van der Waals surface area contributed by atoms with E-state index in [-0.39, 0.29) is 6.54 Å². The summed E-state index contributed by atoms with van der Waals surface area (Å²) in [5.41, 5.74) is 8.69. The van der Waals surface area contributed by atoms with E-state index >= 15 is 0 Å². The van der Waals surface area contributed by atoms with E-state index in [4.69, 9.17) is 21.9 Å². The highest BCUT2D eigenvalue weighted by Gasteiger charge is 1.97. The number of aryl methyl sites for hydroxylation is 1. The fourth-order valence-corrected chi connectivity index (χ4v) is 2.97. The van der Waals surface area contributed by atoms with Crippen LogP contribution in [0.4, 0.5) is 0 Å². The van der Waals surface area contributed by atoms with Crippen molar-refractivity contribution in [3.8, 4) is 5.75 Å². The summed E-state index contributed by atoms with van der Waals surface area (Å²) in [7, 11) is 0. The van der Waals surface area contributed by atoms with Gasteiger partial charge in [-0.1, -0.05) is 23.8 Å². The number of carbonyl (C=O) groups is 1. The smallest absolute Gasteiger partial charge is 0.140 e. The second kappa shape index (κ2) is 16.1. The summed E-state index contributed by atoms with van der Waals surface area (Å²) in [4.78, 5) is 10.2. The monoisotopic (exact) mass is 414 g/mol. The van der Waals surface area contributed by atoms with Crippen LogP contribution in [0.15, 0.2) is 57.9 Å². The van der Waals surface area contributed by atoms with Crippen LogP contribution in [0.3, 0.4) is 0 Å². The van der Waals surface area contributed by atoms with Crippen molar-refractivity contribution in [2.24, 2.45) is 17.4 Å². The first-order valence-electron chi connectivity index (χ1n) is 7.62. The maximum atomic E-state index is 10.2. The molecule has 0 aliphatic heterocycles. The van der Waals surface area contributed by atoms with Crippen molar-refractivity contribution >= 4 is 29.6 Å². The molecule has 27 heavy (non-hydrogen) atoms. The fourth-order valence-electron chi connectivity index (χ4n) is 1.45. The van der Waals surface area contributed by atoms with Gasteiger partial charge in [-0.15, -0.1) is 16.9 Å². The highest BCUT2D eigenvalue weighted by Crippen LogP contribution is 2.20. The van der Waals surface area contributed by atoms with Crippen LogP contribution in [-0.2, 0) is 4.79 Å². The molecule has 0 spiro atoms. The average molecular weight is 415 g/mol. The summed E-state index contributed by atoms with van der Waals surface area (Å²) in [6, 6.07) is 11.1. The minimum absolute atomic E-state index is 0.138. The lowest BCUT2D eigenvalue weighted by Gasteiger charge is -2.11. The zero-order valence-electron chi connectivity index (χ0n) is 14.9. The Morgan fingerprint density at radius 1 is 1.33 bits per heavy atom. The molecule has 0 bridgehead atoms. The Bertz CT molecular complexity index is 617. The maximum absolute atomic E-state index is 10.2. The molecular formula is C16H26N6O3S2. The molecule has 0 fully saturated rings. The van der Waals surface area contributed by atoms with Gasteiger partial charge in [0.2, 0.25) is 0 Å². The fraction of sp³-hybridized carbons (Fsp3) is 0.188. The standard InChI is InChI=1S/C9H14N4OS2.C7H8O.H4N2O/c10-8(7-13(11)3-4-14)6-12-16-9-2-1-5-15-9;1-6-2-4-7(8)5-3-6;1-2-3/h1-2,4-5,7,12H,3,6,10-11H2;2-5,8H,1H3;2-3H,1H2/b8-7-;;. The van der Waals surface area contributed by atoms with Gasteiger partial charge in [-0.3, -0.25) is 4.72 Å². The molecule has 150 valence electrons. The number of hydrazine groups is 2. The van der Waals surface area contributed by atoms with E-state index in [2.05, 4.69) is 10.6 Å². The third-order valence-electron chi connectivity index (χ3n) is 2.60. The van der Waals surface area contributed by atoms with Gasteiger partial charge in [-0.2, -0.15) is 0 Å². The first-order chi connectivity index (χ1) is 12.9. The number of aromatic hydroxyl groups is 1. The van der Waals surface area contributed by atoms with E-state index in [1.807, 2.05) is 36.6 Å². The van der Waals surface area contributed by atoms with Crippen LogP contribution in [0.2, 0.25) is 0 Å². The summed E-state index contributed by atoms with van der Waals surface area (Å²) in [5, 5.41) is 19.1. The maximum Gasteiger partial charge on any atom is 0.140 e. The van der Waals surface area contributed by atoms with Crippen molar-refractivity contribution in [3.05, 3.63) is 59.2 Å². The Balaban J connectivity index is 0.000000509. The summed E-state index contributed by atoms with van der Waals surface area (Å²) >= 11 is 3.17. The van der Waals surface area contributed by atoms with Crippen LogP contribution in [0.1, 0.15) is 5.56 Å². The van der Waals surface area contributed by atoms with Gasteiger partial charge in [-0.05, 0) is 42.5 Å². The average Bonchev–Trinajstić information content (AvgIpc) is 3.12. The van der Waals surface area contributed by atoms with E-state index in [1.165, 1.54) is 38.5 Å². The Hall–Kier alpha value is -2.12. The molecular weight excluding hydrogens is 388 g/mol. The third kappa shape index (κ3) is 14.7. The van der Waals surface area contributed by atoms with E-state index in [1.54, 1.807) is 23.5 Å². The first-order valence-corrected chi connectivity index (χ1v) is 9.32. The number of nitrogens with zero attached hydrogens (tertiary/aromatic N) is 1. The van der Waals surface area contributed by atoms with Gasteiger partial charge in [-0.25, -0.2) is 11.7 Å². The van der Waals surface area contributed by atoms with Gasteiger partial charge in [0.15, 0.2) is 0 Å². The SMILES string of the molecule is Cc1ccc(O)cc1.N/C(=C\N(N)CC=O)CNSc1cccs1.NNO. The Kier molecular flexibility index (Phi) is 14.8. The zero-order chi connectivity index (χ0) is 20.5. The molecule has 0 radical (unpaired) electrons. The number of rotatable bonds is 7. The lowest BCUT2D eigenvalue weighted by atomic mass is 10.2. The normalized spacial score (nSPS) is 10.1. The van der Waals surface area contributed by atoms with Crippen LogP contribution >= 0.6 is 23.3 Å². The number of nitrogens with one attached hydrogen (secondary N) is 2. The molecule has 0 atom stereocenters. The second-order valence-electron chi connectivity index (χ2n) is 4.89. The molecule has 0 aliphatic rings. The molecule has 10 N–H and O–H groups in total. The molecule has 0 saturated carbocycles. The second-order valence-corrected chi connectivity index (χ2v) is 7.03. The van der Waals surface area contributed by atoms with Crippen LogP contribution in [0, 0.1) is 6.92 Å². The number of nitrogens with two attached hydrogens (primary N) is 3. The van der Waals surface area contributed by atoms with Crippen LogP contribution in [0.5, 0.6) is 5.75 Å². The van der Waals surface area contributed by atoms with Crippen LogP contribution in [0.25, 0.3) is 0 Å². The number of thiophene rings is 1.